The number of benzene rings is 1. The van der Waals surface area contributed by atoms with Gasteiger partial charge in [-0.05, 0) is 32.9 Å². The number of nitrogens with zero attached hydrogens (tertiary/aromatic N) is 4. The summed E-state index contributed by atoms with van der Waals surface area (Å²) >= 11 is 6.15. The number of nitrogens with one attached hydrogen (secondary N) is 1. The van der Waals surface area contributed by atoms with E-state index in [2.05, 4.69) is 15.5 Å². The molecule has 7 heteroatoms. The van der Waals surface area contributed by atoms with Gasteiger partial charge in [0.2, 0.25) is 0 Å². The molecule has 0 radical (unpaired) electrons. The molecule has 0 aliphatic heterocycles. The number of aromatic nitrogens is 4. The van der Waals surface area contributed by atoms with Crippen LogP contribution in [0.25, 0.3) is 5.69 Å². The molecule has 0 unspecified atom stereocenters. The van der Waals surface area contributed by atoms with Crippen LogP contribution in [0.3, 0.4) is 0 Å². The third kappa shape index (κ3) is 3.30. The Labute approximate surface area is 151 Å². The lowest BCUT2D eigenvalue weighted by Gasteiger charge is -2.08. The Balaban J connectivity index is 1.83. The number of halogens is 1. The molecule has 1 amide bonds. The SMILES string of the molecule is CCn1ncc(Cl)c1CNC(=O)c1c(C)nn(-c2ccccc2)c1C. The van der Waals surface area contributed by atoms with Crippen LogP contribution in [0.15, 0.2) is 36.5 Å². The molecule has 3 aromatic rings. The van der Waals surface area contributed by atoms with Crippen LogP contribution < -0.4 is 5.32 Å². The number of amides is 1. The van der Waals surface area contributed by atoms with Gasteiger partial charge in [-0.2, -0.15) is 10.2 Å². The molecule has 130 valence electrons. The summed E-state index contributed by atoms with van der Waals surface area (Å²) in [6.45, 7) is 6.73. The summed E-state index contributed by atoms with van der Waals surface area (Å²) < 4.78 is 3.56. The number of hydrogen-bond donors (Lipinski definition) is 1. The molecule has 2 heterocycles. The fourth-order valence-corrected chi connectivity index (χ4v) is 3.09. The van der Waals surface area contributed by atoms with E-state index in [4.69, 9.17) is 11.6 Å². The van der Waals surface area contributed by atoms with E-state index >= 15 is 0 Å². The van der Waals surface area contributed by atoms with Crippen molar-refractivity contribution in [3.63, 3.8) is 0 Å². The highest BCUT2D eigenvalue weighted by Gasteiger charge is 2.20. The van der Waals surface area contributed by atoms with Crippen molar-refractivity contribution in [1.29, 1.82) is 0 Å². The second-order valence-corrected chi connectivity index (χ2v) is 6.14. The molecule has 0 aliphatic carbocycles. The Hall–Kier alpha value is -2.60. The molecule has 0 atom stereocenters. The monoisotopic (exact) mass is 357 g/mol. The van der Waals surface area contributed by atoms with E-state index in [1.54, 1.807) is 15.6 Å². The first kappa shape index (κ1) is 17.2. The number of para-hydroxylation sites is 1. The van der Waals surface area contributed by atoms with Gasteiger partial charge in [0.25, 0.3) is 5.91 Å². The maximum Gasteiger partial charge on any atom is 0.255 e. The van der Waals surface area contributed by atoms with Crippen molar-refractivity contribution >= 4 is 17.5 Å². The summed E-state index contributed by atoms with van der Waals surface area (Å²) in [5, 5.41) is 12.2. The maximum absolute atomic E-state index is 12.7. The number of rotatable bonds is 5. The largest absolute Gasteiger partial charge is 0.346 e. The summed E-state index contributed by atoms with van der Waals surface area (Å²) in [4.78, 5) is 12.7. The zero-order valence-electron chi connectivity index (χ0n) is 14.5. The molecule has 1 aromatic carbocycles. The molecule has 0 spiro atoms. The van der Waals surface area contributed by atoms with Gasteiger partial charge in [-0.1, -0.05) is 29.8 Å². The topological polar surface area (TPSA) is 64.7 Å². The third-order valence-electron chi connectivity index (χ3n) is 4.13. The summed E-state index contributed by atoms with van der Waals surface area (Å²) in [5.41, 5.74) is 3.80. The van der Waals surface area contributed by atoms with Crippen LogP contribution in [0.5, 0.6) is 0 Å². The van der Waals surface area contributed by atoms with Gasteiger partial charge in [0.15, 0.2) is 0 Å². The number of aryl methyl sites for hydroxylation is 2. The fourth-order valence-electron chi connectivity index (χ4n) is 2.88. The van der Waals surface area contributed by atoms with Crippen molar-refractivity contribution in [3.05, 3.63) is 64.2 Å². The molecule has 0 bridgehead atoms. The zero-order valence-corrected chi connectivity index (χ0v) is 15.2. The van der Waals surface area contributed by atoms with Crippen molar-refractivity contribution in [2.75, 3.05) is 0 Å². The summed E-state index contributed by atoms with van der Waals surface area (Å²) in [7, 11) is 0. The summed E-state index contributed by atoms with van der Waals surface area (Å²) in [5.74, 6) is -0.169. The van der Waals surface area contributed by atoms with Gasteiger partial charge in [0.05, 0.1) is 46.1 Å². The van der Waals surface area contributed by atoms with Crippen molar-refractivity contribution < 1.29 is 4.79 Å². The normalized spacial score (nSPS) is 10.9. The molecule has 1 N–H and O–H groups in total. The number of hydrogen-bond acceptors (Lipinski definition) is 3. The molecule has 0 saturated heterocycles. The van der Waals surface area contributed by atoms with Crippen LogP contribution in [-0.4, -0.2) is 25.5 Å². The molecular weight excluding hydrogens is 338 g/mol. The lowest BCUT2D eigenvalue weighted by molar-refractivity contribution is 0.0948. The van der Waals surface area contributed by atoms with E-state index in [1.165, 1.54) is 0 Å². The van der Waals surface area contributed by atoms with E-state index < -0.39 is 0 Å². The Kier molecular flexibility index (Phi) is 4.90. The van der Waals surface area contributed by atoms with Gasteiger partial charge in [0.1, 0.15) is 0 Å². The lowest BCUT2D eigenvalue weighted by atomic mass is 10.2. The molecule has 0 saturated carbocycles. The number of carbonyl (C=O) groups is 1. The van der Waals surface area contributed by atoms with Gasteiger partial charge in [-0.3, -0.25) is 9.48 Å². The Morgan fingerprint density at radius 1 is 1.24 bits per heavy atom. The minimum atomic E-state index is -0.169. The second-order valence-electron chi connectivity index (χ2n) is 5.73. The highest BCUT2D eigenvalue weighted by molar-refractivity contribution is 6.31. The van der Waals surface area contributed by atoms with E-state index in [0.717, 1.165) is 17.1 Å². The van der Waals surface area contributed by atoms with Crippen LogP contribution in [-0.2, 0) is 13.1 Å². The van der Waals surface area contributed by atoms with Crippen molar-refractivity contribution in [2.45, 2.75) is 33.9 Å². The maximum atomic E-state index is 12.7. The smallest absolute Gasteiger partial charge is 0.255 e. The van der Waals surface area contributed by atoms with Crippen LogP contribution in [0.4, 0.5) is 0 Å². The highest BCUT2D eigenvalue weighted by Crippen LogP contribution is 2.19. The molecule has 0 aliphatic rings. The van der Waals surface area contributed by atoms with Gasteiger partial charge in [0, 0.05) is 6.54 Å². The van der Waals surface area contributed by atoms with E-state index in [0.29, 0.717) is 29.4 Å². The van der Waals surface area contributed by atoms with E-state index in [-0.39, 0.29) is 5.91 Å². The first-order valence-electron chi connectivity index (χ1n) is 8.13. The van der Waals surface area contributed by atoms with Gasteiger partial charge < -0.3 is 5.32 Å². The van der Waals surface area contributed by atoms with Crippen LogP contribution in [0, 0.1) is 13.8 Å². The minimum Gasteiger partial charge on any atom is -0.346 e. The highest BCUT2D eigenvalue weighted by atomic mass is 35.5. The molecular formula is C18H20ClN5O. The van der Waals surface area contributed by atoms with Crippen LogP contribution in [0.1, 0.15) is 34.4 Å². The first-order chi connectivity index (χ1) is 12.0. The first-order valence-corrected chi connectivity index (χ1v) is 8.50. The summed E-state index contributed by atoms with van der Waals surface area (Å²) in [6.07, 6.45) is 1.59. The predicted molar refractivity (Wildman–Crippen MR) is 97.1 cm³/mol. The number of carbonyl (C=O) groups excluding carboxylic acids is 1. The Morgan fingerprint density at radius 3 is 2.64 bits per heavy atom. The van der Waals surface area contributed by atoms with E-state index in [9.17, 15) is 4.79 Å². The molecule has 2 aromatic heterocycles. The lowest BCUT2D eigenvalue weighted by Crippen LogP contribution is -2.25. The fraction of sp³-hybridized carbons (Fsp3) is 0.278. The average molecular weight is 358 g/mol. The van der Waals surface area contributed by atoms with Crippen LogP contribution >= 0.6 is 11.6 Å². The van der Waals surface area contributed by atoms with Gasteiger partial charge >= 0.3 is 0 Å². The molecule has 0 fully saturated rings. The minimum absolute atomic E-state index is 0.169. The predicted octanol–water partition coefficient (Wildman–Crippen LogP) is 3.29. The quantitative estimate of drug-likeness (QED) is 0.762. The van der Waals surface area contributed by atoms with Gasteiger partial charge in [-0.25, -0.2) is 4.68 Å². The third-order valence-corrected chi connectivity index (χ3v) is 4.45. The molecule has 25 heavy (non-hydrogen) atoms. The van der Waals surface area contributed by atoms with Crippen molar-refractivity contribution in [3.8, 4) is 5.69 Å². The van der Waals surface area contributed by atoms with Crippen LogP contribution in [0.2, 0.25) is 5.02 Å². The summed E-state index contributed by atoms with van der Waals surface area (Å²) in [6, 6.07) is 9.75. The standard InChI is InChI=1S/C18H20ClN5O/c1-4-23-16(15(19)10-21-23)11-20-18(25)17-12(2)22-24(13(17)3)14-8-6-5-7-9-14/h5-10H,4,11H2,1-3H3,(H,20,25). The second kappa shape index (κ2) is 7.11. The van der Waals surface area contributed by atoms with Gasteiger partial charge in [-0.15, -0.1) is 0 Å². The van der Waals surface area contributed by atoms with E-state index in [1.807, 2.05) is 51.1 Å². The van der Waals surface area contributed by atoms with Crippen molar-refractivity contribution in [2.24, 2.45) is 0 Å². The van der Waals surface area contributed by atoms with Crippen molar-refractivity contribution in [1.82, 2.24) is 24.9 Å². The Morgan fingerprint density at radius 2 is 1.96 bits per heavy atom. The molecule has 6 nitrogen and oxygen atoms in total. The zero-order chi connectivity index (χ0) is 18.0. The average Bonchev–Trinajstić information content (AvgIpc) is 3.12. The Bertz CT molecular complexity index is 898. The molecule has 3 rings (SSSR count).